The Morgan fingerprint density at radius 2 is 1.77 bits per heavy atom. The Morgan fingerprint density at radius 3 is 2.42 bits per heavy atom. The Hall–Kier alpha value is -5.92. The number of esters is 1. The van der Waals surface area contributed by atoms with Gasteiger partial charge in [0.1, 0.15) is 29.3 Å². The van der Waals surface area contributed by atoms with E-state index in [4.69, 9.17) is 4.74 Å². The summed E-state index contributed by atoms with van der Waals surface area (Å²) in [6.07, 6.45) is 3.92. The van der Waals surface area contributed by atoms with Crippen molar-refractivity contribution in [3.05, 3.63) is 118 Å². The number of rotatable bonds is 12. The number of hydrogen-bond acceptors (Lipinski definition) is 12. The number of aliphatic carboxylic acids is 1. The molecule has 0 spiro atoms. The van der Waals surface area contributed by atoms with Gasteiger partial charge in [0.05, 0.1) is 22.0 Å². The number of ether oxygens (including phenoxy) is 1. The highest BCUT2D eigenvalue weighted by atomic mass is 32.2. The van der Waals surface area contributed by atoms with Gasteiger partial charge < -0.3 is 15.2 Å². The van der Waals surface area contributed by atoms with E-state index in [1.54, 1.807) is 50.2 Å². The van der Waals surface area contributed by atoms with Crippen LogP contribution in [0.5, 0.6) is 5.75 Å². The van der Waals surface area contributed by atoms with Crippen LogP contribution in [-0.4, -0.2) is 82.4 Å². The number of carboxylic acid groups (broad SMARTS) is 1. The number of fused-ring (bicyclic) bond motifs is 1. The number of carboxylic acids is 1. The largest absolute Gasteiger partial charge is 0.480 e. The van der Waals surface area contributed by atoms with Crippen LogP contribution in [0.15, 0.2) is 101 Å². The minimum Gasteiger partial charge on any atom is -0.480 e. The third kappa shape index (κ3) is 7.52. The lowest BCUT2D eigenvalue weighted by molar-refractivity contribution is -0.384. The summed E-state index contributed by atoms with van der Waals surface area (Å²) in [6.45, 7) is 2.93. The molecule has 1 aliphatic heterocycles. The molecule has 53 heavy (non-hydrogen) atoms. The van der Waals surface area contributed by atoms with Crippen molar-refractivity contribution in [1.82, 2.24) is 28.7 Å². The first-order valence-electron chi connectivity index (χ1n) is 15.9. The molecule has 0 aliphatic carbocycles. The number of sulfonamides is 1. The number of non-ortho nitro benzene ring substituents is 1. The summed E-state index contributed by atoms with van der Waals surface area (Å²) >= 11 is 1.25. The molecule has 274 valence electrons. The van der Waals surface area contributed by atoms with Crippen LogP contribution < -0.4 is 15.7 Å². The molecule has 1 amide bonds. The molecule has 2 aromatic carbocycles. The van der Waals surface area contributed by atoms with E-state index in [9.17, 15) is 42.8 Å². The number of imidazole rings is 1. The van der Waals surface area contributed by atoms with E-state index in [-0.39, 0.29) is 34.3 Å². The Labute approximate surface area is 305 Å². The Bertz CT molecular complexity index is 2380. The number of amides is 1. The van der Waals surface area contributed by atoms with Crippen molar-refractivity contribution in [3.8, 4) is 11.4 Å². The van der Waals surface area contributed by atoms with Crippen LogP contribution in [-0.2, 0) is 37.4 Å². The molecule has 0 bridgehead atoms. The van der Waals surface area contributed by atoms with Crippen LogP contribution in [0.4, 0.5) is 5.69 Å². The SMILES string of the molecule is CC1(C)SCN(S(=O)(=O)c2cccnc2)[C@@H]1C(=O)N[C@@H](Cc1ccc(-n2c(=O)n(CC(=O)Oc3ccc([N+](=O)[O-])cc3)c3cccnc32)cc1)C(=O)O. The number of carbonyl (C=O) groups is 3. The van der Waals surface area contributed by atoms with Crippen molar-refractivity contribution in [2.45, 2.75) is 48.5 Å². The molecule has 1 fully saturated rings. The molecule has 1 saturated heterocycles. The number of nitrogens with zero attached hydrogens (tertiary/aromatic N) is 6. The summed E-state index contributed by atoms with van der Waals surface area (Å²) in [4.78, 5) is 70.9. The van der Waals surface area contributed by atoms with E-state index < -0.39 is 61.9 Å². The molecule has 2 N–H and O–H groups in total. The van der Waals surface area contributed by atoms with E-state index in [2.05, 4.69) is 15.3 Å². The number of benzene rings is 2. The van der Waals surface area contributed by atoms with E-state index in [1.165, 1.54) is 75.9 Å². The summed E-state index contributed by atoms with van der Waals surface area (Å²) in [7, 11) is -4.13. The third-order valence-electron chi connectivity index (χ3n) is 8.51. The van der Waals surface area contributed by atoms with Crippen LogP contribution >= 0.6 is 11.8 Å². The number of pyridine rings is 2. The first kappa shape index (κ1) is 36.9. The summed E-state index contributed by atoms with van der Waals surface area (Å²) in [5.41, 5.74) is 0.582. The lowest BCUT2D eigenvalue weighted by atomic mass is 10.0. The number of nitro groups is 1. The standard InChI is InChI=1S/C34H31N7O10S2/c1-34(2)29(39(20-52-34)53(49,50)25-5-3-15-35-18-25)31(43)37-26(32(44)45)17-21-7-9-22(10-8-21)40-30-27(6-4-16-36-30)38(33(40)46)19-28(42)51-24-13-11-23(12-14-24)41(47)48/h3-16,18,26,29H,17,19-20H2,1-2H3,(H,37,43)(H,44,45)/t26-,29+/m0/s1. The summed E-state index contributed by atoms with van der Waals surface area (Å²) in [5.74, 6) is -2.88. The van der Waals surface area contributed by atoms with Crippen molar-refractivity contribution in [2.75, 3.05) is 5.88 Å². The van der Waals surface area contributed by atoms with Gasteiger partial charge in [0.15, 0.2) is 5.65 Å². The number of carbonyl (C=O) groups excluding carboxylic acids is 2. The fourth-order valence-corrected chi connectivity index (χ4v) is 9.02. The number of nitro benzene ring substituents is 1. The van der Waals surface area contributed by atoms with Crippen molar-refractivity contribution >= 4 is 56.5 Å². The predicted octanol–water partition coefficient (Wildman–Crippen LogP) is 2.75. The van der Waals surface area contributed by atoms with Crippen molar-refractivity contribution in [1.29, 1.82) is 0 Å². The van der Waals surface area contributed by atoms with Crippen LogP contribution in [0.3, 0.4) is 0 Å². The second kappa shape index (κ2) is 14.6. The molecule has 19 heteroatoms. The number of thioether (sulfide) groups is 1. The third-order valence-corrected chi connectivity index (χ3v) is 11.8. The topological polar surface area (TPSA) is 226 Å². The molecule has 5 aromatic rings. The molecular formula is C34H31N7O10S2. The molecular weight excluding hydrogens is 731 g/mol. The van der Waals surface area contributed by atoms with Crippen molar-refractivity contribution in [3.63, 3.8) is 0 Å². The lowest BCUT2D eigenvalue weighted by Crippen LogP contribution is -2.56. The molecule has 1 aliphatic rings. The van der Waals surface area contributed by atoms with Gasteiger partial charge >= 0.3 is 17.6 Å². The van der Waals surface area contributed by atoms with Gasteiger partial charge in [0.25, 0.3) is 5.69 Å². The zero-order valence-corrected chi connectivity index (χ0v) is 29.7. The van der Waals surface area contributed by atoms with Gasteiger partial charge in [-0.05, 0) is 67.9 Å². The first-order chi connectivity index (χ1) is 25.2. The fraction of sp³-hybridized carbons (Fsp3) is 0.235. The van der Waals surface area contributed by atoms with Crippen LogP contribution in [0, 0.1) is 10.1 Å². The molecule has 2 atom stereocenters. The number of aromatic nitrogens is 4. The first-order valence-corrected chi connectivity index (χ1v) is 18.3. The quantitative estimate of drug-likeness (QED) is 0.0808. The average molecular weight is 762 g/mol. The normalized spacial score (nSPS) is 16.2. The van der Waals surface area contributed by atoms with Crippen LogP contribution in [0.2, 0.25) is 0 Å². The molecule has 0 saturated carbocycles. The van der Waals surface area contributed by atoms with Gasteiger partial charge in [-0.25, -0.2) is 32.4 Å². The Kier molecular flexibility index (Phi) is 10.2. The van der Waals surface area contributed by atoms with Crippen molar-refractivity contribution in [2.24, 2.45) is 0 Å². The highest BCUT2D eigenvalue weighted by Crippen LogP contribution is 2.42. The van der Waals surface area contributed by atoms with E-state index >= 15 is 0 Å². The minimum absolute atomic E-state index is 0.0207. The second-order valence-electron chi connectivity index (χ2n) is 12.4. The number of hydrogen-bond donors (Lipinski definition) is 2. The van der Waals surface area contributed by atoms with E-state index in [0.29, 0.717) is 16.8 Å². The zero-order chi connectivity index (χ0) is 38.1. The van der Waals surface area contributed by atoms with Crippen LogP contribution in [0.25, 0.3) is 16.9 Å². The highest BCUT2D eigenvalue weighted by molar-refractivity contribution is 8.02. The van der Waals surface area contributed by atoms with E-state index in [0.717, 1.165) is 4.31 Å². The van der Waals surface area contributed by atoms with E-state index in [1.807, 2.05) is 0 Å². The van der Waals surface area contributed by atoms with Gasteiger partial charge in [-0.1, -0.05) is 12.1 Å². The van der Waals surface area contributed by atoms with Gasteiger partial charge in [-0.15, -0.1) is 11.8 Å². The smallest absolute Gasteiger partial charge is 0.335 e. The molecule has 3 aromatic heterocycles. The highest BCUT2D eigenvalue weighted by Gasteiger charge is 2.51. The van der Waals surface area contributed by atoms with Gasteiger partial charge in [-0.3, -0.25) is 24.5 Å². The van der Waals surface area contributed by atoms with Gasteiger partial charge in [-0.2, -0.15) is 4.31 Å². The minimum atomic E-state index is -4.13. The molecule has 0 radical (unpaired) electrons. The van der Waals surface area contributed by atoms with Crippen molar-refractivity contribution < 1.29 is 37.6 Å². The maximum absolute atomic E-state index is 13.7. The second-order valence-corrected chi connectivity index (χ2v) is 15.9. The van der Waals surface area contributed by atoms with Gasteiger partial charge in [0, 0.05) is 41.9 Å². The number of nitrogens with one attached hydrogen (secondary N) is 1. The molecule has 17 nitrogen and oxygen atoms in total. The van der Waals surface area contributed by atoms with Crippen LogP contribution in [0.1, 0.15) is 19.4 Å². The molecule has 0 unspecified atom stereocenters. The Morgan fingerprint density at radius 1 is 1.08 bits per heavy atom. The summed E-state index contributed by atoms with van der Waals surface area (Å²) in [5, 5.41) is 23.5. The maximum Gasteiger partial charge on any atom is 0.335 e. The summed E-state index contributed by atoms with van der Waals surface area (Å²) in [6, 6.07) is 14.6. The average Bonchev–Trinajstić information content (AvgIpc) is 3.61. The monoisotopic (exact) mass is 761 g/mol. The maximum atomic E-state index is 13.7. The Balaban J connectivity index is 1.20. The predicted molar refractivity (Wildman–Crippen MR) is 191 cm³/mol. The summed E-state index contributed by atoms with van der Waals surface area (Å²) < 4.78 is 34.8. The zero-order valence-electron chi connectivity index (χ0n) is 28.1. The fourth-order valence-electron chi connectivity index (χ4n) is 5.89. The molecule has 6 rings (SSSR count). The van der Waals surface area contributed by atoms with Gasteiger partial charge in [0.2, 0.25) is 15.9 Å². The lowest BCUT2D eigenvalue weighted by Gasteiger charge is -2.30. The molecule has 4 heterocycles.